The second-order valence-electron chi connectivity index (χ2n) is 5.21. The van der Waals surface area contributed by atoms with Gasteiger partial charge < -0.3 is 14.4 Å². The van der Waals surface area contributed by atoms with Crippen LogP contribution in [-0.4, -0.2) is 15.6 Å². The molecule has 0 aliphatic heterocycles. The average molecular weight is 327 g/mol. The Bertz CT molecular complexity index is 929. The van der Waals surface area contributed by atoms with Gasteiger partial charge in [0.25, 0.3) is 11.5 Å². The fraction of sp³-hybridized carbons (Fsp3) is 0.118. The van der Waals surface area contributed by atoms with Gasteiger partial charge in [0.15, 0.2) is 5.76 Å². The Morgan fingerprint density at radius 2 is 2.04 bits per heavy atom. The molecule has 3 aromatic rings. The molecule has 1 aromatic carbocycles. The maximum atomic E-state index is 12.9. The molecule has 0 saturated heterocycles. The third-order valence-electron chi connectivity index (χ3n) is 3.49. The van der Waals surface area contributed by atoms with Gasteiger partial charge in [0.2, 0.25) is 0 Å². The van der Waals surface area contributed by atoms with Gasteiger partial charge in [-0.2, -0.15) is 0 Å². The van der Waals surface area contributed by atoms with E-state index in [4.69, 9.17) is 4.52 Å². The first kappa shape index (κ1) is 15.7. The van der Waals surface area contributed by atoms with Crippen LogP contribution in [0.25, 0.3) is 11.3 Å². The number of pyridine rings is 1. The lowest BCUT2D eigenvalue weighted by atomic mass is 10.1. The Hall–Kier alpha value is -3.22. The van der Waals surface area contributed by atoms with E-state index in [1.807, 2.05) is 0 Å². The van der Waals surface area contributed by atoms with Crippen molar-refractivity contribution >= 4 is 5.91 Å². The molecule has 0 spiro atoms. The van der Waals surface area contributed by atoms with E-state index in [-0.39, 0.29) is 23.5 Å². The molecule has 0 aliphatic carbocycles. The lowest BCUT2D eigenvalue weighted by Gasteiger charge is -2.03. The third kappa shape index (κ3) is 3.24. The zero-order chi connectivity index (χ0) is 17.1. The van der Waals surface area contributed by atoms with Crippen LogP contribution in [0.4, 0.5) is 4.39 Å². The molecular weight excluding hydrogens is 313 g/mol. The Kier molecular flexibility index (Phi) is 4.24. The van der Waals surface area contributed by atoms with Gasteiger partial charge in [0.1, 0.15) is 17.1 Å². The van der Waals surface area contributed by atoms with E-state index in [9.17, 15) is 14.0 Å². The van der Waals surface area contributed by atoms with Crippen molar-refractivity contribution in [2.45, 2.75) is 6.54 Å². The summed E-state index contributed by atoms with van der Waals surface area (Å²) in [6, 6.07) is 10.5. The van der Waals surface area contributed by atoms with Gasteiger partial charge >= 0.3 is 0 Å². The summed E-state index contributed by atoms with van der Waals surface area (Å²) in [5.41, 5.74) is 0.859. The number of carbonyl (C=O) groups is 1. The maximum absolute atomic E-state index is 12.9. The van der Waals surface area contributed by atoms with Gasteiger partial charge in [-0.05, 0) is 36.4 Å². The van der Waals surface area contributed by atoms with Crippen molar-refractivity contribution in [1.82, 2.24) is 15.0 Å². The summed E-state index contributed by atoms with van der Waals surface area (Å²) in [5, 5.41) is 6.48. The number of nitrogens with one attached hydrogen (secondary N) is 1. The van der Waals surface area contributed by atoms with Crippen LogP contribution in [0.1, 0.15) is 16.1 Å². The van der Waals surface area contributed by atoms with E-state index in [2.05, 4.69) is 10.5 Å². The lowest BCUT2D eigenvalue weighted by molar-refractivity contribution is 0.0948. The van der Waals surface area contributed by atoms with Crippen molar-refractivity contribution in [2.75, 3.05) is 0 Å². The number of carbonyl (C=O) groups excluding carboxylic acids is 1. The van der Waals surface area contributed by atoms with Gasteiger partial charge in [-0.25, -0.2) is 4.39 Å². The second-order valence-corrected chi connectivity index (χ2v) is 5.21. The summed E-state index contributed by atoms with van der Waals surface area (Å²) < 4.78 is 19.4. The quantitative estimate of drug-likeness (QED) is 0.796. The van der Waals surface area contributed by atoms with E-state index >= 15 is 0 Å². The van der Waals surface area contributed by atoms with Gasteiger partial charge in [-0.1, -0.05) is 5.16 Å². The Balaban J connectivity index is 1.69. The summed E-state index contributed by atoms with van der Waals surface area (Å²) in [7, 11) is 1.58. The molecule has 122 valence electrons. The summed E-state index contributed by atoms with van der Waals surface area (Å²) in [6.45, 7) is 0.113. The Morgan fingerprint density at radius 3 is 2.79 bits per heavy atom. The molecule has 1 N–H and O–H groups in total. The molecule has 24 heavy (non-hydrogen) atoms. The van der Waals surface area contributed by atoms with Crippen LogP contribution in [0.3, 0.4) is 0 Å². The SMILES string of the molecule is Cn1cccc(C(=O)NCc2cc(-c3ccc(F)cc3)on2)c1=O. The first-order chi connectivity index (χ1) is 11.5. The van der Waals surface area contributed by atoms with Gasteiger partial charge in [-0.3, -0.25) is 9.59 Å². The summed E-state index contributed by atoms with van der Waals surface area (Å²) in [6.07, 6.45) is 1.58. The molecule has 0 radical (unpaired) electrons. The Morgan fingerprint density at radius 1 is 1.29 bits per heavy atom. The number of nitrogens with zero attached hydrogens (tertiary/aromatic N) is 2. The molecule has 2 heterocycles. The highest BCUT2D eigenvalue weighted by atomic mass is 19.1. The smallest absolute Gasteiger partial charge is 0.263 e. The highest BCUT2D eigenvalue weighted by Crippen LogP contribution is 2.20. The standard InChI is InChI=1S/C17H14FN3O3/c1-21-8-2-3-14(17(21)23)16(22)19-10-13-9-15(24-20-13)11-4-6-12(18)7-5-11/h2-9H,10H2,1H3,(H,19,22). The molecule has 3 rings (SSSR count). The van der Waals surface area contributed by atoms with Gasteiger partial charge in [0, 0.05) is 24.9 Å². The Labute approximate surface area is 136 Å². The number of benzene rings is 1. The van der Waals surface area contributed by atoms with E-state index in [0.29, 0.717) is 17.0 Å². The number of aryl methyl sites for hydroxylation is 1. The largest absolute Gasteiger partial charge is 0.356 e. The zero-order valence-electron chi connectivity index (χ0n) is 12.8. The van der Waals surface area contributed by atoms with Crippen LogP contribution in [0.5, 0.6) is 0 Å². The van der Waals surface area contributed by atoms with Crippen LogP contribution in [0, 0.1) is 5.82 Å². The first-order valence-corrected chi connectivity index (χ1v) is 7.20. The van der Waals surface area contributed by atoms with E-state index in [1.54, 1.807) is 37.5 Å². The topological polar surface area (TPSA) is 77.1 Å². The zero-order valence-corrected chi connectivity index (χ0v) is 12.8. The van der Waals surface area contributed by atoms with Crippen molar-refractivity contribution in [2.24, 2.45) is 7.05 Å². The molecule has 0 fully saturated rings. The minimum absolute atomic E-state index is 0.0576. The number of hydrogen-bond acceptors (Lipinski definition) is 4. The van der Waals surface area contributed by atoms with Gasteiger partial charge in [0.05, 0.1) is 6.54 Å². The number of hydrogen-bond donors (Lipinski definition) is 1. The molecule has 6 nitrogen and oxygen atoms in total. The first-order valence-electron chi connectivity index (χ1n) is 7.20. The summed E-state index contributed by atoms with van der Waals surface area (Å²) in [5.74, 6) is -0.354. The van der Waals surface area contributed by atoms with Crippen molar-refractivity contribution in [3.63, 3.8) is 0 Å². The van der Waals surface area contributed by atoms with E-state index < -0.39 is 5.91 Å². The van der Waals surface area contributed by atoms with Crippen molar-refractivity contribution in [3.05, 3.63) is 76.1 Å². The van der Waals surface area contributed by atoms with Crippen molar-refractivity contribution in [1.29, 1.82) is 0 Å². The van der Waals surface area contributed by atoms with Crippen LogP contribution >= 0.6 is 0 Å². The maximum Gasteiger partial charge on any atom is 0.263 e. The molecule has 0 atom stereocenters. The second kappa shape index (κ2) is 6.49. The molecule has 0 saturated carbocycles. The predicted molar refractivity (Wildman–Crippen MR) is 84.8 cm³/mol. The number of amides is 1. The monoisotopic (exact) mass is 327 g/mol. The summed E-state index contributed by atoms with van der Waals surface area (Å²) in [4.78, 5) is 24.0. The lowest BCUT2D eigenvalue weighted by Crippen LogP contribution is -2.31. The minimum atomic E-state index is -0.484. The molecule has 1 amide bonds. The average Bonchev–Trinajstić information content (AvgIpc) is 3.05. The molecule has 0 unspecified atom stereocenters. The molecule has 2 aromatic heterocycles. The molecule has 7 heteroatoms. The fourth-order valence-corrected chi connectivity index (χ4v) is 2.18. The normalized spacial score (nSPS) is 10.6. The third-order valence-corrected chi connectivity index (χ3v) is 3.49. The number of rotatable bonds is 4. The van der Waals surface area contributed by atoms with Crippen molar-refractivity contribution < 1.29 is 13.7 Å². The molecular formula is C17H14FN3O3. The van der Waals surface area contributed by atoms with Crippen LogP contribution < -0.4 is 10.9 Å². The molecule has 0 aliphatic rings. The number of halogens is 1. The highest BCUT2D eigenvalue weighted by Gasteiger charge is 2.12. The number of aromatic nitrogens is 2. The predicted octanol–water partition coefficient (Wildman–Crippen LogP) is 2.11. The van der Waals surface area contributed by atoms with E-state index in [1.165, 1.54) is 22.8 Å². The van der Waals surface area contributed by atoms with Crippen LogP contribution in [0.15, 0.2) is 58.0 Å². The molecule has 0 bridgehead atoms. The van der Waals surface area contributed by atoms with Crippen LogP contribution in [-0.2, 0) is 13.6 Å². The highest BCUT2D eigenvalue weighted by molar-refractivity contribution is 5.93. The summed E-state index contributed by atoms with van der Waals surface area (Å²) >= 11 is 0. The van der Waals surface area contributed by atoms with Crippen molar-refractivity contribution in [3.8, 4) is 11.3 Å². The fourth-order valence-electron chi connectivity index (χ4n) is 2.18. The minimum Gasteiger partial charge on any atom is -0.356 e. The van der Waals surface area contributed by atoms with Gasteiger partial charge in [-0.15, -0.1) is 0 Å². The van der Waals surface area contributed by atoms with Crippen LogP contribution in [0.2, 0.25) is 0 Å². The van der Waals surface area contributed by atoms with E-state index in [0.717, 1.165) is 0 Å².